The molecule has 1 saturated heterocycles. The van der Waals surface area contributed by atoms with Gasteiger partial charge in [0.1, 0.15) is 22.4 Å². The van der Waals surface area contributed by atoms with Crippen LogP contribution in [-0.4, -0.2) is 53.5 Å². The van der Waals surface area contributed by atoms with E-state index in [-0.39, 0.29) is 5.91 Å². The molecule has 1 N–H and O–H groups in total. The summed E-state index contributed by atoms with van der Waals surface area (Å²) in [6, 6.07) is 0. The van der Waals surface area contributed by atoms with Gasteiger partial charge in [0.05, 0.1) is 0 Å². The highest BCUT2D eigenvalue weighted by molar-refractivity contribution is 9.10. The molecule has 1 amide bonds. The van der Waals surface area contributed by atoms with Gasteiger partial charge in [0.2, 0.25) is 5.91 Å². The van der Waals surface area contributed by atoms with Crippen molar-refractivity contribution >= 4 is 33.5 Å². The van der Waals surface area contributed by atoms with E-state index in [2.05, 4.69) is 36.1 Å². The number of hydrogen-bond donors (Lipinski definition) is 1. The Hall–Kier alpha value is -1.37. The van der Waals surface area contributed by atoms with Crippen LogP contribution in [0.15, 0.2) is 10.8 Å². The molecule has 0 radical (unpaired) electrons. The molecule has 0 aromatic carbocycles. The SMILES string of the molecule is CCNc1ncnc(N2CCN(C(C)=O)CC2)c1Br. The number of hydrogen-bond acceptors (Lipinski definition) is 5. The first-order chi connectivity index (χ1) is 9.13. The summed E-state index contributed by atoms with van der Waals surface area (Å²) >= 11 is 3.55. The number of rotatable bonds is 3. The molecule has 104 valence electrons. The lowest BCUT2D eigenvalue weighted by Gasteiger charge is -2.35. The maximum Gasteiger partial charge on any atom is 0.219 e. The Kier molecular flexibility index (Phi) is 4.57. The van der Waals surface area contributed by atoms with Crippen LogP contribution in [0, 0.1) is 0 Å². The predicted molar refractivity (Wildman–Crippen MR) is 78.4 cm³/mol. The highest BCUT2D eigenvalue weighted by atomic mass is 79.9. The fourth-order valence-electron chi connectivity index (χ4n) is 2.10. The van der Waals surface area contributed by atoms with Crippen LogP contribution in [0.3, 0.4) is 0 Å². The molecule has 0 saturated carbocycles. The minimum Gasteiger partial charge on any atom is -0.369 e. The number of nitrogens with zero attached hydrogens (tertiary/aromatic N) is 4. The number of piperazine rings is 1. The number of carbonyl (C=O) groups excluding carboxylic acids is 1. The van der Waals surface area contributed by atoms with E-state index in [1.807, 2.05) is 11.8 Å². The second-order valence-corrected chi connectivity index (χ2v) is 5.18. The monoisotopic (exact) mass is 327 g/mol. The Morgan fingerprint density at radius 1 is 1.37 bits per heavy atom. The first-order valence-electron chi connectivity index (χ1n) is 6.38. The van der Waals surface area contributed by atoms with E-state index in [0.29, 0.717) is 0 Å². The molecule has 1 aliphatic heterocycles. The summed E-state index contributed by atoms with van der Waals surface area (Å²) in [6.45, 7) is 7.51. The first-order valence-corrected chi connectivity index (χ1v) is 7.17. The van der Waals surface area contributed by atoms with E-state index in [1.165, 1.54) is 0 Å². The second kappa shape index (κ2) is 6.18. The molecule has 1 aliphatic rings. The predicted octanol–water partition coefficient (Wildman–Crippen LogP) is 1.34. The van der Waals surface area contributed by atoms with E-state index in [9.17, 15) is 4.79 Å². The number of carbonyl (C=O) groups is 1. The molecule has 1 aromatic rings. The van der Waals surface area contributed by atoms with Gasteiger partial charge in [0.15, 0.2) is 0 Å². The zero-order chi connectivity index (χ0) is 13.8. The van der Waals surface area contributed by atoms with Gasteiger partial charge < -0.3 is 15.1 Å². The largest absolute Gasteiger partial charge is 0.369 e. The van der Waals surface area contributed by atoms with Gasteiger partial charge >= 0.3 is 0 Å². The van der Waals surface area contributed by atoms with Gasteiger partial charge in [0.25, 0.3) is 0 Å². The maximum absolute atomic E-state index is 11.3. The van der Waals surface area contributed by atoms with Gasteiger partial charge in [-0.05, 0) is 22.9 Å². The Morgan fingerprint density at radius 3 is 2.63 bits per heavy atom. The zero-order valence-electron chi connectivity index (χ0n) is 11.2. The fraction of sp³-hybridized carbons (Fsp3) is 0.583. The smallest absolute Gasteiger partial charge is 0.219 e. The van der Waals surface area contributed by atoms with E-state index >= 15 is 0 Å². The van der Waals surface area contributed by atoms with Gasteiger partial charge in [-0.15, -0.1) is 0 Å². The van der Waals surface area contributed by atoms with Crippen molar-refractivity contribution in [1.29, 1.82) is 0 Å². The molecule has 2 heterocycles. The molecule has 19 heavy (non-hydrogen) atoms. The zero-order valence-corrected chi connectivity index (χ0v) is 12.8. The number of nitrogens with one attached hydrogen (secondary N) is 1. The van der Waals surface area contributed by atoms with Gasteiger partial charge in [0, 0.05) is 39.6 Å². The average molecular weight is 328 g/mol. The molecular formula is C12H18BrN5O. The lowest BCUT2D eigenvalue weighted by Crippen LogP contribution is -2.48. The van der Waals surface area contributed by atoms with E-state index in [1.54, 1.807) is 13.3 Å². The van der Waals surface area contributed by atoms with Crippen LogP contribution in [0.5, 0.6) is 0 Å². The van der Waals surface area contributed by atoms with Crippen LogP contribution in [0.1, 0.15) is 13.8 Å². The van der Waals surface area contributed by atoms with Crippen LogP contribution < -0.4 is 10.2 Å². The normalized spacial score (nSPS) is 15.5. The highest BCUT2D eigenvalue weighted by Gasteiger charge is 2.22. The summed E-state index contributed by atoms with van der Waals surface area (Å²) in [5, 5.41) is 3.19. The van der Waals surface area contributed by atoms with Crippen molar-refractivity contribution in [2.75, 3.05) is 42.9 Å². The van der Waals surface area contributed by atoms with Crippen LogP contribution in [0.2, 0.25) is 0 Å². The van der Waals surface area contributed by atoms with Crippen LogP contribution in [-0.2, 0) is 4.79 Å². The number of halogens is 1. The van der Waals surface area contributed by atoms with Crippen LogP contribution >= 0.6 is 15.9 Å². The molecule has 0 spiro atoms. The average Bonchev–Trinajstić information content (AvgIpc) is 2.41. The van der Waals surface area contributed by atoms with Crippen molar-refractivity contribution in [3.05, 3.63) is 10.8 Å². The van der Waals surface area contributed by atoms with Gasteiger partial charge in [-0.1, -0.05) is 0 Å². The molecule has 0 aliphatic carbocycles. The van der Waals surface area contributed by atoms with E-state index in [0.717, 1.165) is 48.8 Å². The Balaban J connectivity index is 2.11. The van der Waals surface area contributed by atoms with Crippen LogP contribution in [0.4, 0.5) is 11.6 Å². The van der Waals surface area contributed by atoms with Crippen molar-refractivity contribution in [3.63, 3.8) is 0 Å². The molecule has 0 bridgehead atoms. The maximum atomic E-state index is 11.3. The molecule has 1 aromatic heterocycles. The summed E-state index contributed by atoms with van der Waals surface area (Å²) < 4.78 is 0.883. The Morgan fingerprint density at radius 2 is 2.05 bits per heavy atom. The quantitative estimate of drug-likeness (QED) is 0.907. The molecule has 7 heteroatoms. The summed E-state index contributed by atoms with van der Waals surface area (Å²) in [5.41, 5.74) is 0. The minimum atomic E-state index is 0.134. The van der Waals surface area contributed by atoms with Gasteiger partial charge in [-0.3, -0.25) is 4.79 Å². The number of anilines is 2. The minimum absolute atomic E-state index is 0.134. The lowest BCUT2D eigenvalue weighted by molar-refractivity contribution is -0.129. The summed E-state index contributed by atoms with van der Waals surface area (Å²) in [6.07, 6.45) is 1.56. The van der Waals surface area contributed by atoms with Gasteiger partial charge in [-0.2, -0.15) is 0 Å². The topological polar surface area (TPSA) is 61.4 Å². The third-order valence-electron chi connectivity index (χ3n) is 3.14. The van der Waals surface area contributed by atoms with E-state index < -0.39 is 0 Å². The third-order valence-corrected chi connectivity index (χ3v) is 3.87. The van der Waals surface area contributed by atoms with Crippen molar-refractivity contribution in [2.45, 2.75) is 13.8 Å². The molecule has 0 atom stereocenters. The molecule has 0 unspecified atom stereocenters. The summed E-state index contributed by atoms with van der Waals surface area (Å²) in [5.74, 6) is 1.82. The molecule has 6 nitrogen and oxygen atoms in total. The Bertz CT molecular complexity index is 459. The summed E-state index contributed by atoms with van der Waals surface area (Å²) in [4.78, 5) is 23.9. The molecule has 2 rings (SSSR count). The first kappa shape index (κ1) is 14.0. The second-order valence-electron chi connectivity index (χ2n) is 4.38. The van der Waals surface area contributed by atoms with E-state index in [4.69, 9.17) is 0 Å². The van der Waals surface area contributed by atoms with Crippen LogP contribution in [0.25, 0.3) is 0 Å². The Labute approximate surface area is 121 Å². The van der Waals surface area contributed by atoms with Crippen molar-refractivity contribution in [2.24, 2.45) is 0 Å². The summed E-state index contributed by atoms with van der Waals surface area (Å²) in [7, 11) is 0. The molecular weight excluding hydrogens is 310 g/mol. The van der Waals surface area contributed by atoms with Gasteiger partial charge in [-0.25, -0.2) is 9.97 Å². The standard InChI is InChI=1S/C12H18BrN5O/c1-3-14-11-10(13)12(16-8-15-11)18-6-4-17(5-7-18)9(2)19/h8H,3-7H2,1-2H3,(H,14,15,16). The number of amides is 1. The third kappa shape index (κ3) is 3.15. The van der Waals surface area contributed by atoms with Crippen molar-refractivity contribution in [3.8, 4) is 0 Å². The van der Waals surface area contributed by atoms with Crippen molar-refractivity contribution in [1.82, 2.24) is 14.9 Å². The molecule has 1 fully saturated rings. The fourth-order valence-corrected chi connectivity index (χ4v) is 2.70. The highest BCUT2D eigenvalue weighted by Crippen LogP contribution is 2.29. The number of aromatic nitrogens is 2. The van der Waals surface area contributed by atoms with Crippen molar-refractivity contribution < 1.29 is 4.79 Å². The lowest BCUT2D eigenvalue weighted by atomic mass is 10.3.